The topological polar surface area (TPSA) is 80.7 Å². The van der Waals surface area contributed by atoms with Gasteiger partial charge in [0.05, 0.1) is 18.0 Å². The zero-order valence-electron chi connectivity index (χ0n) is 9.23. The summed E-state index contributed by atoms with van der Waals surface area (Å²) in [4.78, 5) is 10.6. The fourth-order valence-corrected chi connectivity index (χ4v) is 3.07. The smallest absolute Gasteiger partial charge is 0.307 e. The van der Waals surface area contributed by atoms with Gasteiger partial charge in [0, 0.05) is 6.26 Å². The van der Waals surface area contributed by atoms with E-state index in [0.717, 1.165) is 6.26 Å². The quantitative estimate of drug-likeness (QED) is 0.908. The molecule has 7 heteroatoms. The van der Waals surface area contributed by atoms with Gasteiger partial charge in [-0.1, -0.05) is 0 Å². The lowest BCUT2D eigenvalue weighted by Gasteiger charge is -2.11. The third-order valence-electron chi connectivity index (χ3n) is 2.03. The van der Waals surface area contributed by atoms with Gasteiger partial charge in [-0.3, -0.25) is 4.79 Å². The zero-order chi connectivity index (χ0) is 13.2. The molecule has 0 aromatic heterocycles. The molecule has 0 atom stereocenters. The van der Waals surface area contributed by atoms with Crippen LogP contribution in [-0.2, 0) is 21.1 Å². The molecule has 0 unspecified atom stereocenters. The van der Waals surface area contributed by atoms with Gasteiger partial charge in [0.15, 0.2) is 15.6 Å². The van der Waals surface area contributed by atoms with Gasteiger partial charge in [-0.15, -0.1) is 0 Å². The summed E-state index contributed by atoms with van der Waals surface area (Å²) in [5.41, 5.74) is 0.394. The summed E-state index contributed by atoms with van der Waals surface area (Å²) in [5, 5.41) is 8.68. The number of halogens is 1. The average molecular weight is 323 g/mol. The van der Waals surface area contributed by atoms with E-state index < -0.39 is 15.8 Å². The Morgan fingerprint density at radius 1 is 1.47 bits per heavy atom. The summed E-state index contributed by atoms with van der Waals surface area (Å²) in [6.45, 7) is 0. The van der Waals surface area contributed by atoms with Crippen LogP contribution in [-0.4, -0.2) is 32.9 Å². The highest BCUT2D eigenvalue weighted by molar-refractivity contribution is 9.10. The Balaban J connectivity index is 3.44. The first kappa shape index (κ1) is 14.0. The number of aliphatic carboxylic acids is 1. The molecule has 5 nitrogen and oxygen atoms in total. The Bertz CT molecular complexity index is 550. The van der Waals surface area contributed by atoms with E-state index >= 15 is 0 Å². The number of rotatable bonds is 4. The van der Waals surface area contributed by atoms with Crippen molar-refractivity contribution < 1.29 is 23.1 Å². The van der Waals surface area contributed by atoms with E-state index in [2.05, 4.69) is 15.9 Å². The molecule has 0 aliphatic heterocycles. The highest BCUT2D eigenvalue weighted by Gasteiger charge is 2.19. The average Bonchev–Trinajstić information content (AvgIpc) is 2.14. The lowest BCUT2D eigenvalue weighted by Crippen LogP contribution is -2.05. The molecule has 94 valence electrons. The summed E-state index contributed by atoms with van der Waals surface area (Å²) >= 11 is 3.16. The fraction of sp³-hybridized carbons (Fsp3) is 0.300. The first-order chi connectivity index (χ1) is 7.75. The number of benzene rings is 1. The summed E-state index contributed by atoms with van der Waals surface area (Å²) < 4.78 is 28.5. The minimum absolute atomic E-state index is 0.0226. The third kappa shape index (κ3) is 3.44. The largest absolute Gasteiger partial charge is 0.494 e. The minimum Gasteiger partial charge on any atom is -0.494 e. The van der Waals surface area contributed by atoms with Crippen LogP contribution in [0.25, 0.3) is 0 Å². The molecular formula is C10H11BrO5S. The van der Waals surface area contributed by atoms with E-state index in [1.54, 1.807) is 0 Å². The number of methoxy groups -OCH3 is 1. The van der Waals surface area contributed by atoms with Crippen LogP contribution in [0.2, 0.25) is 0 Å². The summed E-state index contributed by atoms with van der Waals surface area (Å²) in [5.74, 6) is -0.844. The Morgan fingerprint density at radius 3 is 2.47 bits per heavy atom. The zero-order valence-corrected chi connectivity index (χ0v) is 11.6. The molecule has 0 bridgehead atoms. The normalized spacial score (nSPS) is 11.2. The number of carboxylic acids is 1. The molecule has 0 fully saturated rings. The Labute approximate surface area is 107 Å². The number of ether oxygens (including phenoxy) is 1. The Morgan fingerprint density at radius 2 is 2.06 bits per heavy atom. The molecule has 0 radical (unpaired) electrons. The molecular weight excluding hydrogens is 312 g/mol. The molecule has 0 aliphatic carbocycles. The molecule has 0 amide bonds. The third-order valence-corrected chi connectivity index (χ3v) is 3.72. The van der Waals surface area contributed by atoms with E-state index in [4.69, 9.17) is 9.84 Å². The predicted molar refractivity (Wildman–Crippen MR) is 65.1 cm³/mol. The second-order valence-corrected chi connectivity index (χ2v) is 6.29. The van der Waals surface area contributed by atoms with Crippen molar-refractivity contribution in [1.29, 1.82) is 0 Å². The maximum atomic E-state index is 11.6. The van der Waals surface area contributed by atoms with Gasteiger partial charge in [-0.05, 0) is 33.6 Å². The molecule has 0 spiro atoms. The first-order valence-corrected chi connectivity index (χ1v) is 7.22. The second kappa shape index (κ2) is 5.05. The first-order valence-electron chi connectivity index (χ1n) is 4.54. The van der Waals surface area contributed by atoms with Crippen LogP contribution in [0.3, 0.4) is 0 Å². The summed E-state index contributed by atoms with van der Waals surface area (Å²) in [6.07, 6.45) is 0.799. The fourth-order valence-electron chi connectivity index (χ4n) is 1.37. The van der Waals surface area contributed by atoms with Crippen molar-refractivity contribution in [3.8, 4) is 5.75 Å². The monoisotopic (exact) mass is 322 g/mol. The maximum absolute atomic E-state index is 11.6. The van der Waals surface area contributed by atoms with Crippen LogP contribution in [0.15, 0.2) is 21.5 Å². The van der Waals surface area contributed by atoms with Crippen molar-refractivity contribution in [1.82, 2.24) is 0 Å². The van der Waals surface area contributed by atoms with Crippen LogP contribution in [0.4, 0.5) is 0 Å². The van der Waals surface area contributed by atoms with E-state index in [0.29, 0.717) is 10.0 Å². The molecule has 0 saturated carbocycles. The Hall–Kier alpha value is -1.08. The molecule has 1 aromatic carbocycles. The standard InChI is InChI=1S/C10H11BrO5S/c1-16-10-7(11)3-6(5-9(12)13)4-8(10)17(2,14)15/h3-4H,5H2,1-2H3,(H,12,13). The van der Waals surface area contributed by atoms with Crippen LogP contribution in [0.5, 0.6) is 5.75 Å². The van der Waals surface area contributed by atoms with Gasteiger partial charge >= 0.3 is 5.97 Å². The van der Waals surface area contributed by atoms with Gasteiger partial charge in [-0.25, -0.2) is 8.42 Å². The summed E-state index contributed by atoms with van der Waals surface area (Å²) in [6, 6.07) is 2.84. The van der Waals surface area contributed by atoms with Gasteiger partial charge in [0.2, 0.25) is 0 Å². The van der Waals surface area contributed by atoms with Crippen LogP contribution >= 0.6 is 15.9 Å². The maximum Gasteiger partial charge on any atom is 0.307 e. The molecule has 1 aromatic rings. The summed E-state index contributed by atoms with van der Waals surface area (Å²) in [7, 11) is -2.12. The van der Waals surface area contributed by atoms with Crippen LogP contribution < -0.4 is 4.74 Å². The van der Waals surface area contributed by atoms with E-state index in [-0.39, 0.29) is 17.1 Å². The molecule has 0 saturated heterocycles. The number of hydrogen-bond acceptors (Lipinski definition) is 4. The van der Waals surface area contributed by atoms with E-state index in [1.165, 1.54) is 19.2 Å². The number of hydrogen-bond donors (Lipinski definition) is 1. The van der Waals surface area contributed by atoms with Crippen molar-refractivity contribution in [3.05, 3.63) is 22.2 Å². The number of sulfone groups is 1. The van der Waals surface area contributed by atoms with Crippen molar-refractivity contribution in [2.24, 2.45) is 0 Å². The van der Waals surface area contributed by atoms with Gasteiger partial charge < -0.3 is 9.84 Å². The molecule has 0 aliphatic rings. The second-order valence-electron chi connectivity index (χ2n) is 3.45. The van der Waals surface area contributed by atoms with Crippen LogP contribution in [0.1, 0.15) is 5.56 Å². The van der Waals surface area contributed by atoms with E-state index in [1.807, 2.05) is 0 Å². The molecule has 1 rings (SSSR count). The van der Waals surface area contributed by atoms with Crippen molar-refractivity contribution in [2.45, 2.75) is 11.3 Å². The van der Waals surface area contributed by atoms with Crippen molar-refractivity contribution in [3.63, 3.8) is 0 Å². The predicted octanol–water partition coefficient (Wildman–Crippen LogP) is 1.49. The highest BCUT2D eigenvalue weighted by atomic mass is 79.9. The van der Waals surface area contributed by atoms with E-state index in [9.17, 15) is 13.2 Å². The molecule has 1 N–H and O–H groups in total. The van der Waals surface area contributed by atoms with Crippen molar-refractivity contribution in [2.75, 3.05) is 13.4 Å². The Kier molecular flexibility index (Phi) is 4.16. The SMILES string of the molecule is COc1c(Br)cc(CC(=O)O)cc1S(C)(=O)=O. The van der Waals surface area contributed by atoms with Gasteiger partial charge in [-0.2, -0.15) is 0 Å². The highest BCUT2D eigenvalue weighted by Crippen LogP contribution is 2.33. The molecule has 17 heavy (non-hydrogen) atoms. The minimum atomic E-state index is -3.47. The number of carbonyl (C=O) groups is 1. The molecule has 0 heterocycles. The van der Waals surface area contributed by atoms with Crippen LogP contribution in [0, 0.1) is 0 Å². The van der Waals surface area contributed by atoms with Gasteiger partial charge in [0.25, 0.3) is 0 Å². The lowest BCUT2D eigenvalue weighted by atomic mass is 10.1. The van der Waals surface area contributed by atoms with Gasteiger partial charge in [0.1, 0.15) is 4.90 Å². The van der Waals surface area contributed by atoms with Crippen molar-refractivity contribution >= 4 is 31.7 Å². The number of carboxylic acid groups (broad SMARTS) is 1. The lowest BCUT2D eigenvalue weighted by molar-refractivity contribution is -0.136.